The molecular weight excluding hydrogens is 542 g/mol. The number of hydrogen-bond donors (Lipinski definition) is 0. The summed E-state index contributed by atoms with van der Waals surface area (Å²) >= 11 is 0. The van der Waals surface area contributed by atoms with Crippen LogP contribution in [0.1, 0.15) is 89.9 Å². The molecule has 0 N–H and O–H groups in total. The third-order valence-electron chi connectivity index (χ3n) is 8.19. The van der Waals surface area contributed by atoms with Crippen LogP contribution < -0.4 is 0 Å². The Hall–Kier alpha value is -1.86. The Morgan fingerprint density at radius 3 is 1.70 bits per heavy atom. The topological polar surface area (TPSA) is 84.5 Å². The third kappa shape index (κ3) is 10.2. The molecule has 0 aromatic carbocycles. The molecule has 2 aliphatic carbocycles. The first kappa shape index (κ1) is 32.7. The number of ether oxygens (including phenoxy) is 4. The Labute approximate surface area is 231 Å². The highest BCUT2D eigenvalue weighted by atomic mass is 19.4. The number of hydrogen-bond acceptors (Lipinski definition) is 6. The molecular formula is C28H38F6N2O4. The van der Waals surface area contributed by atoms with Gasteiger partial charge in [0.05, 0.1) is 38.6 Å². The maximum absolute atomic E-state index is 12.1. The summed E-state index contributed by atoms with van der Waals surface area (Å²) in [5.41, 5.74) is 1.49. The molecule has 226 valence electrons. The molecule has 0 aromatic rings. The van der Waals surface area contributed by atoms with Gasteiger partial charge in [-0.3, -0.25) is 0 Å². The number of nitrogens with zero attached hydrogens (tertiary/aromatic N) is 2. The van der Waals surface area contributed by atoms with E-state index in [1.807, 2.05) is 0 Å². The van der Waals surface area contributed by atoms with Crippen molar-refractivity contribution in [2.45, 2.75) is 114 Å². The summed E-state index contributed by atoms with van der Waals surface area (Å²) < 4.78 is 95.2. The van der Waals surface area contributed by atoms with Gasteiger partial charge in [0.25, 0.3) is 0 Å². The van der Waals surface area contributed by atoms with Gasteiger partial charge >= 0.3 is 12.4 Å². The normalized spacial score (nSPS) is 24.7. The van der Waals surface area contributed by atoms with Crippen LogP contribution in [0.2, 0.25) is 0 Å². The summed E-state index contributed by atoms with van der Waals surface area (Å²) in [6.07, 6.45) is -3.53. The summed E-state index contributed by atoms with van der Waals surface area (Å²) in [7, 11) is 0. The quantitative estimate of drug-likeness (QED) is 0.227. The molecule has 6 nitrogen and oxygen atoms in total. The van der Waals surface area contributed by atoms with Crippen molar-refractivity contribution in [1.29, 1.82) is 10.5 Å². The highest BCUT2D eigenvalue weighted by Crippen LogP contribution is 2.42. The van der Waals surface area contributed by atoms with Gasteiger partial charge in [-0.2, -0.15) is 36.9 Å². The van der Waals surface area contributed by atoms with E-state index in [1.165, 1.54) is 0 Å². The number of nitriles is 2. The van der Waals surface area contributed by atoms with E-state index in [1.54, 1.807) is 0 Å². The summed E-state index contributed by atoms with van der Waals surface area (Å²) in [6.45, 7) is 2.40. The Kier molecular flexibility index (Phi) is 11.7. The molecule has 40 heavy (non-hydrogen) atoms. The van der Waals surface area contributed by atoms with E-state index in [-0.39, 0.29) is 31.1 Å². The van der Waals surface area contributed by atoms with E-state index in [2.05, 4.69) is 12.1 Å². The fraction of sp³-hybridized carbons (Fsp3) is 0.857. The van der Waals surface area contributed by atoms with E-state index in [9.17, 15) is 31.6 Å². The molecule has 0 amide bonds. The van der Waals surface area contributed by atoms with E-state index in [0.29, 0.717) is 64.1 Å². The number of allylic oxidation sites excluding steroid dienone is 2. The van der Waals surface area contributed by atoms with Crippen LogP contribution in [0.25, 0.3) is 0 Å². The lowest BCUT2D eigenvalue weighted by Gasteiger charge is -2.36. The Morgan fingerprint density at radius 1 is 0.775 bits per heavy atom. The minimum atomic E-state index is -4.15. The van der Waals surface area contributed by atoms with E-state index in [4.69, 9.17) is 24.2 Å². The van der Waals surface area contributed by atoms with Crippen molar-refractivity contribution in [3.8, 4) is 12.1 Å². The number of halogens is 6. The fourth-order valence-corrected chi connectivity index (χ4v) is 5.99. The van der Waals surface area contributed by atoms with Crippen LogP contribution in [0.3, 0.4) is 0 Å². The van der Waals surface area contributed by atoms with Crippen LogP contribution in [-0.4, -0.2) is 50.4 Å². The van der Waals surface area contributed by atoms with Gasteiger partial charge in [0.15, 0.2) is 11.6 Å². The second-order valence-electron chi connectivity index (χ2n) is 11.0. The molecule has 2 aliphatic heterocycles. The average Bonchev–Trinajstić information content (AvgIpc) is 3.55. The lowest BCUT2D eigenvalue weighted by molar-refractivity contribution is -0.184. The van der Waals surface area contributed by atoms with Gasteiger partial charge in [-0.15, -0.1) is 0 Å². The van der Waals surface area contributed by atoms with Gasteiger partial charge in [0.2, 0.25) is 0 Å². The van der Waals surface area contributed by atoms with Crippen molar-refractivity contribution in [3.63, 3.8) is 0 Å². The van der Waals surface area contributed by atoms with Crippen molar-refractivity contribution < 1.29 is 45.3 Å². The van der Waals surface area contributed by atoms with Gasteiger partial charge in [-0.05, 0) is 57.3 Å². The lowest BCUT2D eigenvalue weighted by Crippen LogP contribution is -2.36. The monoisotopic (exact) mass is 580 g/mol. The number of alkyl halides is 6. The SMILES string of the molecule is N#CC(CCCC(F)(F)F)=C1CCC2(CC1)OCCO2.N#CC(CCCC(F)(F)F)C1CCC2(CC1)OCCO2. The van der Waals surface area contributed by atoms with Crippen molar-refractivity contribution in [3.05, 3.63) is 11.1 Å². The zero-order chi connectivity index (χ0) is 29.3. The standard InChI is InChI=1S/C14H20F3NO2.C14H18F3NO2/c2*15-14(16,17)5-1-2-12(10-18)11-3-6-13(7-4-11)19-8-9-20-13/h11-12H,1-9H2;1-9H2. The zero-order valence-electron chi connectivity index (χ0n) is 22.7. The van der Waals surface area contributed by atoms with Gasteiger partial charge in [-0.25, -0.2) is 0 Å². The van der Waals surface area contributed by atoms with Crippen LogP contribution in [0.15, 0.2) is 11.1 Å². The van der Waals surface area contributed by atoms with Crippen molar-refractivity contribution in [2.75, 3.05) is 26.4 Å². The molecule has 2 spiro atoms. The highest BCUT2D eigenvalue weighted by molar-refractivity contribution is 5.29. The van der Waals surface area contributed by atoms with Crippen LogP contribution >= 0.6 is 0 Å². The molecule has 2 heterocycles. The fourth-order valence-electron chi connectivity index (χ4n) is 5.99. The molecule has 2 saturated carbocycles. The molecule has 1 atom stereocenters. The second-order valence-corrected chi connectivity index (χ2v) is 11.0. The molecule has 12 heteroatoms. The number of rotatable bonds is 7. The molecule has 4 fully saturated rings. The average molecular weight is 581 g/mol. The summed E-state index contributed by atoms with van der Waals surface area (Å²) in [4.78, 5) is 0. The van der Waals surface area contributed by atoms with Crippen LogP contribution in [0, 0.1) is 34.5 Å². The molecule has 2 saturated heterocycles. The van der Waals surface area contributed by atoms with Gasteiger partial charge in [0.1, 0.15) is 0 Å². The maximum atomic E-state index is 12.1. The van der Waals surface area contributed by atoms with Crippen molar-refractivity contribution >= 4 is 0 Å². The minimum absolute atomic E-state index is 0.0198. The van der Waals surface area contributed by atoms with Crippen molar-refractivity contribution in [2.24, 2.45) is 11.8 Å². The molecule has 4 rings (SSSR count). The third-order valence-corrected chi connectivity index (χ3v) is 8.19. The summed E-state index contributed by atoms with van der Waals surface area (Å²) in [5, 5.41) is 18.3. The van der Waals surface area contributed by atoms with Crippen molar-refractivity contribution in [1.82, 2.24) is 0 Å². The first-order valence-electron chi connectivity index (χ1n) is 14.1. The highest BCUT2D eigenvalue weighted by Gasteiger charge is 2.42. The Morgan fingerprint density at radius 2 is 1.25 bits per heavy atom. The van der Waals surface area contributed by atoms with Crippen LogP contribution in [0.4, 0.5) is 26.3 Å². The Balaban J connectivity index is 0.000000220. The van der Waals surface area contributed by atoms with Gasteiger partial charge in [-0.1, -0.05) is 5.57 Å². The first-order chi connectivity index (χ1) is 18.9. The smallest absolute Gasteiger partial charge is 0.348 e. The first-order valence-corrected chi connectivity index (χ1v) is 14.1. The van der Waals surface area contributed by atoms with Gasteiger partial charge < -0.3 is 18.9 Å². The molecule has 1 unspecified atom stereocenters. The zero-order valence-corrected chi connectivity index (χ0v) is 22.7. The molecule has 0 radical (unpaired) electrons. The van der Waals surface area contributed by atoms with E-state index >= 15 is 0 Å². The molecule has 0 aromatic heterocycles. The minimum Gasteiger partial charge on any atom is -0.348 e. The summed E-state index contributed by atoms with van der Waals surface area (Å²) in [6, 6.07) is 4.26. The van der Waals surface area contributed by atoms with E-state index < -0.39 is 36.8 Å². The van der Waals surface area contributed by atoms with Gasteiger partial charge in [0, 0.05) is 50.0 Å². The predicted molar refractivity (Wildman–Crippen MR) is 131 cm³/mol. The maximum Gasteiger partial charge on any atom is 0.389 e. The second kappa shape index (κ2) is 14.4. The predicted octanol–water partition coefficient (Wildman–Crippen LogP) is 7.65. The largest absolute Gasteiger partial charge is 0.389 e. The van der Waals surface area contributed by atoms with Crippen LogP contribution in [-0.2, 0) is 18.9 Å². The summed E-state index contributed by atoms with van der Waals surface area (Å²) in [5.74, 6) is -1.08. The van der Waals surface area contributed by atoms with E-state index in [0.717, 1.165) is 31.3 Å². The Bertz CT molecular complexity index is 903. The molecule has 0 bridgehead atoms. The van der Waals surface area contributed by atoms with Crippen LogP contribution in [0.5, 0.6) is 0 Å². The lowest BCUT2D eigenvalue weighted by atomic mass is 9.76. The molecule has 4 aliphatic rings.